The van der Waals surface area contributed by atoms with Crippen molar-refractivity contribution in [3.05, 3.63) is 60.8 Å². The molecule has 0 saturated carbocycles. The monoisotopic (exact) mass is 1090 g/mol. The fourth-order valence-corrected chi connectivity index (χ4v) is 10.0. The van der Waals surface area contributed by atoms with E-state index in [4.69, 9.17) is 13.8 Å². The van der Waals surface area contributed by atoms with Crippen LogP contribution in [0.1, 0.15) is 297 Å². The SMILES string of the molecule is CC/C=C/C=C/C=C/CCCCCCCCCC(=O)NC(COP(=O)(O)OCC[N+](C)(C)C)C(/C=C\CCCCCCCCCCCC)OC(=O)CCCCCCCCCCCCCCC/C=C/CCCCCCCC. The van der Waals surface area contributed by atoms with Crippen LogP contribution in [0.2, 0.25) is 0 Å². The van der Waals surface area contributed by atoms with Crippen LogP contribution in [0, 0.1) is 0 Å². The number of phosphoric acid groups is 1. The predicted molar refractivity (Wildman–Crippen MR) is 328 cm³/mol. The summed E-state index contributed by atoms with van der Waals surface area (Å²) >= 11 is 0. The van der Waals surface area contributed by atoms with Gasteiger partial charge in [-0.25, -0.2) is 4.57 Å². The van der Waals surface area contributed by atoms with Crippen LogP contribution in [0.5, 0.6) is 0 Å². The van der Waals surface area contributed by atoms with Gasteiger partial charge in [0.25, 0.3) is 0 Å². The zero-order chi connectivity index (χ0) is 55.7. The number of phosphoric ester groups is 1. The van der Waals surface area contributed by atoms with Crippen LogP contribution in [0.15, 0.2) is 60.8 Å². The Morgan fingerprint density at radius 1 is 0.474 bits per heavy atom. The summed E-state index contributed by atoms with van der Waals surface area (Å²) in [4.78, 5) is 37.7. The Bertz CT molecular complexity index is 1490. The van der Waals surface area contributed by atoms with Crippen molar-refractivity contribution in [3.63, 3.8) is 0 Å². The average Bonchev–Trinajstić information content (AvgIpc) is 3.38. The minimum atomic E-state index is -4.45. The lowest BCUT2D eigenvalue weighted by atomic mass is 10.0. The molecule has 0 radical (unpaired) electrons. The number of ether oxygens (including phenoxy) is 1. The number of quaternary nitrogens is 1. The molecule has 0 aromatic carbocycles. The molecule has 0 heterocycles. The number of nitrogens with one attached hydrogen (secondary N) is 1. The van der Waals surface area contributed by atoms with Gasteiger partial charge >= 0.3 is 13.8 Å². The van der Waals surface area contributed by atoms with Crippen LogP contribution >= 0.6 is 7.82 Å². The van der Waals surface area contributed by atoms with Gasteiger partial charge in [-0.1, -0.05) is 268 Å². The van der Waals surface area contributed by atoms with Gasteiger partial charge in [-0.3, -0.25) is 18.6 Å². The number of hydrogen-bond acceptors (Lipinski definition) is 6. The van der Waals surface area contributed by atoms with Crippen molar-refractivity contribution in [2.75, 3.05) is 40.9 Å². The second kappa shape index (κ2) is 56.0. The number of carbonyl (C=O) groups excluding carboxylic acids is 2. The Kier molecular flexibility index (Phi) is 54.3. The van der Waals surface area contributed by atoms with E-state index in [1.54, 1.807) is 0 Å². The van der Waals surface area contributed by atoms with Gasteiger partial charge in [-0.2, -0.15) is 0 Å². The molecule has 2 N–H and O–H groups in total. The smallest absolute Gasteiger partial charge is 0.456 e. The van der Waals surface area contributed by atoms with E-state index in [-0.39, 0.29) is 31.5 Å². The van der Waals surface area contributed by atoms with Crippen molar-refractivity contribution in [3.8, 4) is 0 Å². The summed E-state index contributed by atoms with van der Waals surface area (Å²) in [5, 5.41) is 3.05. The third-order valence-corrected chi connectivity index (χ3v) is 15.2. The first kappa shape index (κ1) is 73.7. The van der Waals surface area contributed by atoms with E-state index in [2.05, 4.69) is 74.7 Å². The van der Waals surface area contributed by atoms with Crippen molar-refractivity contribution in [1.29, 1.82) is 0 Å². The van der Waals surface area contributed by atoms with Gasteiger partial charge in [0.1, 0.15) is 19.3 Å². The third-order valence-electron chi connectivity index (χ3n) is 14.3. The Morgan fingerprint density at radius 3 is 1.29 bits per heavy atom. The molecule has 0 aliphatic carbocycles. The van der Waals surface area contributed by atoms with E-state index >= 15 is 0 Å². The van der Waals surface area contributed by atoms with E-state index in [9.17, 15) is 19.0 Å². The van der Waals surface area contributed by atoms with E-state index in [0.717, 1.165) is 77.0 Å². The second-order valence-corrected chi connectivity index (χ2v) is 24.4. The van der Waals surface area contributed by atoms with Crippen molar-refractivity contribution in [1.82, 2.24) is 5.32 Å². The fraction of sp³-hybridized carbons (Fsp3) is 0.818. The number of hydrogen-bond donors (Lipinski definition) is 2. The first-order valence-electron chi connectivity index (χ1n) is 32.1. The molecule has 0 saturated heterocycles. The highest BCUT2D eigenvalue weighted by Gasteiger charge is 2.30. The Hall–Kier alpha value is -2.29. The molecule has 3 unspecified atom stereocenters. The van der Waals surface area contributed by atoms with Crippen LogP contribution in [0.3, 0.4) is 0 Å². The molecule has 3 atom stereocenters. The number of likely N-dealkylation sites (N-methyl/N-ethyl adjacent to an activating group) is 1. The average molecular weight is 1090 g/mol. The molecule has 0 fully saturated rings. The molecule has 444 valence electrons. The maximum atomic E-state index is 13.5. The number of carbonyl (C=O) groups is 2. The number of rotatable bonds is 58. The summed E-state index contributed by atoms with van der Waals surface area (Å²) in [5.41, 5.74) is 0. The highest BCUT2D eigenvalue weighted by Crippen LogP contribution is 2.43. The first-order chi connectivity index (χ1) is 36.9. The van der Waals surface area contributed by atoms with Gasteiger partial charge < -0.3 is 19.4 Å². The zero-order valence-corrected chi connectivity index (χ0v) is 51.6. The highest BCUT2D eigenvalue weighted by molar-refractivity contribution is 7.47. The van der Waals surface area contributed by atoms with Crippen LogP contribution in [0.4, 0.5) is 0 Å². The lowest BCUT2D eigenvalue weighted by Gasteiger charge is -2.27. The maximum Gasteiger partial charge on any atom is 0.472 e. The summed E-state index contributed by atoms with van der Waals surface area (Å²) in [6, 6.07) is -0.855. The minimum Gasteiger partial charge on any atom is -0.456 e. The van der Waals surface area contributed by atoms with E-state index in [0.29, 0.717) is 17.4 Å². The summed E-state index contributed by atoms with van der Waals surface area (Å²) in [7, 11) is 1.49. The fourth-order valence-electron chi connectivity index (χ4n) is 9.29. The third kappa shape index (κ3) is 56.4. The number of allylic oxidation sites excluding steroid dienone is 9. The molecule has 1 amide bonds. The molecule has 0 bridgehead atoms. The molecule has 0 aliphatic rings. The Labute approximate surface area is 471 Å². The van der Waals surface area contributed by atoms with E-state index in [1.165, 1.54) is 186 Å². The predicted octanol–water partition coefficient (Wildman–Crippen LogP) is 19.8. The van der Waals surface area contributed by atoms with Gasteiger partial charge in [-0.15, -0.1) is 0 Å². The molecule has 0 aromatic heterocycles. The number of nitrogens with zero attached hydrogens (tertiary/aromatic N) is 1. The molecule has 0 rings (SSSR count). The van der Waals surface area contributed by atoms with Gasteiger partial charge in [0.2, 0.25) is 5.91 Å². The number of esters is 1. The number of unbranched alkanes of at least 4 members (excludes halogenated alkanes) is 36. The van der Waals surface area contributed by atoms with Crippen LogP contribution < -0.4 is 5.32 Å². The normalized spacial score (nSPS) is 14.0. The summed E-state index contributed by atoms with van der Waals surface area (Å²) < 4.78 is 30.7. The molecular formula is C66H124N2O7P+. The molecule has 76 heavy (non-hydrogen) atoms. The molecule has 10 heteroatoms. The van der Waals surface area contributed by atoms with Gasteiger partial charge in [0, 0.05) is 12.8 Å². The molecular weight excluding hydrogens is 964 g/mol. The summed E-state index contributed by atoms with van der Waals surface area (Å²) in [5.74, 6) is -0.512. The minimum absolute atomic E-state index is 0.0370. The van der Waals surface area contributed by atoms with Crippen LogP contribution in [-0.2, 0) is 27.9 Å². The topological polar surface area (TPSA) is 111 Å². The van der Waals surface area contributed by atoms with E-state index < -0.39 is 20.0 Å². The van der Waals surface area contributed by atoms with E-state index in [1.807, 2.05) is 33.3 Å². The molecule has 0 spiro atoms. The van der Waals surface area contributed by atoms with Crippen molar-refractivity contribution >= 4 is 19.7 Å². The quantitative estimate of drug-likeness (QED) is 0.0156. The first-order valence-corrected chi connectivity index (χ1v) is 33.6. The molecule has 0 aliphatic heterocycles. The molecule has 9 nitrogen and oxygen atoms in total. The van der Waals surface area contributed by atoms with Crippen molar-refractivity contribution in [2.24, 2.45) is 0 Å². The number of amides is 1. The Morgan fingerprint density at radius 2 is 0.855 bits per heavy atom. The van der Waals surface area contributed by atoms with Crippen molar-refractivity contribution < 1.29 is 37.3 Å². The van der Waals surface area contributed by atoms with Crippen LogP contribution in [-0.4, -0.2) is 74.3 Å². The van der Waals surface area contributed by atoms with Gasteiger partial charge in [0.05, 0.1) is 33.8 Å². The van der Waals surface area contributed by atoms with Gasteiger partial charge in [0.15, 0.2) is 0 Å². The van der Waals surface area contributed by atoms with Crippen LogP contribution in [0.25, 0.3) is 0 Å². The maximum absolute atomic E-state index is 13.5. The largest absolute Gasteiger partial charge is 0.472 e. The summed E-state index contributed by atoms with van der Waals surface area (Å²) in [6.07, 6.45) is 70.8. The molecule has 0 aromatic rings. The second-order valence-electron chi connectivity index (χ2n) is 23.0. The Balaban J connectivity index is 5.14. The lowest BCUT2D eigenvalue weighted by Crippen LogP contribution is -2.47. The van der Waals surface area contributed by atoms with Gasteiger partial charge in [-0.05, 0) is 76.7 Å². The summed E-state index contributed by atoms with van der Waals surface area (Å²) in [6.45, 7) is 6.89. The standard InChI is InChI=1S/C66H123N2O7P/c1-7-10-13-16-19-22-25-28-30-31-32-33-34-35-36-37-39-41-44-47-50-53-56-59-66(70)75-64(57-54-51-48-45-42-27-24-21-18-15-12-9-3)63(62-74-76(71,72)73-61-60-68(4,5)6)67-65(69)58-55-52-49-46-43-40-38-29-26-23-20-17-14-11-8-2/h11,14,17,20,23,26,28,30,54,57,63-64H,7-10,12-13,15-16,18-19,21-22,24-25,27,29,31-53,55-56,58-62H2,1-6H3,(H-,67,69,71,72)/p+1/b14-11+,20-17+,26-23+,30-28+,57-54-. The lowest BCUT2D eigenvalue weighted by molar-refractivity contribution is -0.870. The van der Waals surface area contributed by atoms with Crippen molar-refractivity contribution in [2.45, 2.75) is 309 Å². The zero-order valence-electron chi connectivity index (χ0n) is 50.7. The highest BCUT2D eigenvalue weighted by atomic mass is 31.2.